The number of fused-ring (bicyclic) bond motifs is 1. The highest BCUT2D eigenvalue weighted by atomic mass is 35.5. The number of carbonyl (C=O) groups is 1. The molecule has 0 aromatic heterocycles. The fourth-order valence-electron chi connectivity index (χ4n) is 5.52. The molecule has 1 saturated carbocycles. The van der Waals surface area contributed by atoms with Gasteiger partial charge in [0.25, 0.3) is 0 Å². The summed E-state index contributed by atoms with van der Waals surface area (Å²) in [4.78, 5) is 16.2. The van der Waals surface area contributed by atoms with Crippen LogP contribution in [0.3, 0.4) is 0 Å². The van der Waals surface area contributed by atoms with Crippen molar-refractivity contribution in [2.45, 2.75) is 81.5 Å². The van der Waals surface area contributed by atoms with E-state index in [9.17, 15) is 18.8 Å². The minimum Gasteiger partial charge on any atom is -0.334 e. The summed E-state index contributed by atoms with van der Waals surface area (Å²) in [6, 6.07) is 18.0. The van der Waals surface area contributed by atoms with Crippen LogP contribution in [0.4, 0.5) is 8.78 Å². The Morgan fingerprint density at radius 3 is 2.28 bits per heavy atom. The summed E-state index contributed by atoms with van der Waals surface area (Å²) < 4.78 is 29.2. The van der Waals surface area contributed by atoms with E-state index >= 15 is 0 Å². The molecule has 8 heteroatoms. The second-order valence-corrected chi connectivity index (χ2v) is 12.5. The van der Waals surface area contributed by atoms with Gasteiger partial charge in [0.1, 0.15) is 16.9 Å². The fraction of sp³-hybridized carbons (Fsp3) is 0.429. The Morgan fingerprint density at radius 2 is 1.65 bits per heavy atom. The van der Waals surface area contributed by atoms with Crippen LogP contribution < -0.4 is 5.32 Å². The number of halogens is 3. The number of carbonyl (C=O) groups excluding carboxylic acids is 1. The lowest BCUT2D eigenvalue weighted by Gasteiger charge is -2.38. The van der Waals surface area contributed by atoms with Gasteiger partial charge in [0.15, 0.2) is 0 Å². The number of alkyl halides is 1. The third-order valence-corrected chi connectivity index (χ3v) is 9.85. The van der Waals surface area contributed by atoms with Crippen LogP contribution in [0.2, 0.25) is 0 Å². The van der Waals surface area contributed by atoms with E-state index in [-0.39, 0.29) is 22.4 Å². The van der Waals surface area contributed by atoms with Crippen molar-refractivity contribution >= 4 is 29.3 Å². The highest BCUT2D eigenvalue weighted by Gasteiger charge is 2.44. The second-order valence-electron chi connectivity index (χ2n) is 10.9. The van der Waals surface area contributed by atoms with E-state index in [1.54, 1.807) is 6.07 Å². The molecule has 2 unspecified atom stereocenters. The number of nitrogens with one attached hydrogen (secondary N) is 1. The predicted molar refractivity (Wildman–Crippen MR) is 174 cm³/mol. The Hall–Kier alpha value is -2.92. The van der Waals surface area contributed by atoms with Gasteiger partial charge in [-0.25, -0.2) is 8.78 Å². The molecule has 1 amide bonds. The van der Waals surface area contributed by atoms with Crippen LogP contribution in [-0.2, 0) is 11.3 Å². The molecule has 0 radical (unpaired) electrons. The zero-order valence-electron chi connectivity index (χ0n) is 25.9. The maximum absolute atomic E-state index is 14.6. The first-order valence-corrected chi connectivity index (χ1v) is 16.3. The average Bonchev–Trinajstić information content (AvgIpc) is 3.38. The summed E-state index contributed by atoms with van der Waals surface area (Å²) in [7, 11) is 3.75. The number of aryl methyl sites for hydroxylation is 1. The molecule has 0 spiro atoms. The summed E-state index contributed by atoms with van der Waals surface area (Å²) in [6.07, 6.45) is 3.83. The minimum absolute atomic E-state index is 0.0338. The number of nitriles is 1. The molecule has 3 aromatic carbocycles. The molecule has 5 rings (SSSR count). The van der Waals surface area contributed by atoms with Crippen LogP contribution in [0.5, 0.6) is 0 Å². The molecule has 1 aliphatic heterocycles. The number of hydrogen-bond donors (Lipinski definition) is 1. The van der Waals surface area contributed by atoms with Gasteiger partial charge in [-0.15, -0.1) is 23.4 Å². The van der Waals surface area contributed by atoms with Gasteiger partial charge in [0.2, 0.25) is 5.91 Å². The smallest absolute Gasteiger partial charge is 0.238 e. The Labute approximate surface area is 264 Å². The lowest BCUT2D eigenvalue weighted by molar-refractivity contribution is -0.134. The molecule has 1 heterocycles. The van der Waals surface area contributed by atoms with Gasteiger partial charge in [0, 0.05) is 18.2 Å². The number of hydrogen-bond acceptors (Lipinski definition) is 4. The van der Waals surface area contributed by atoms with Crippen LogP contribution >= 0.6 is 23.4 Å². The van der Waals surface area contributed by atoms with E-state index in [2.05, 4.69) is 24.4 Å². The molecule has 230 valence electrons. The Morgan fingerprint density at radius 1 is 1.02 bits per heavy atom. The van der Waals surface area contributed by atoms with Gasteiger partial charge in [0.05, 0.1) is 21.9 Å². The molecule has 1 fully saturated rings. The van der Waals surface area contributed by atoms with E-state index in [0.717, 1.165) is 71.8 Å². The summed E-state index contributed by atoms with van der Waals surface area (Å²) in [6.45, 7) is 8.64. The van der Waals surface area contributed by atoms with Gasteiger partial charge in [-0.3, -0.25) is 4.79 Å². The molecule has 3 aromatic rings. The maximum Gasteiger partial charge on any atom is 0.238 e. The van der Waals surface area contributed by atoms with Crippen LogP contribution in [0, 0.1) is 35.8 Å². The maximum atomic E-state index is 14.6. The first kappa shape index (κ1) is 34.6. The molecular weight excluding hydrogens is 584 g/mol. The standard InChI is InChI=1S/C31H29ClF2N2OS.C2H7N.C2H6/c1-18-6-10-24(11-7-18)36(31(37)30-28(32)27-25(33)12-13-26(34)29(27)38-30)17-23-15-22(9-8-19(23)2)21-5-3-4-20(14-21)16-35;1-3-2;1-2/h3-5,8-9,12-15,18,24,28,30H,6-7,10-11,17H2,1-2H3;3H,1-2H3;1-2H3. The van der Waals surface area contributed by atoms with E-state index in [1.807, 2.05) is 70.1 Å². The number of benzene rings is 3. The zero-order valence-corrected chi connectivity index (χ0v) is 27.5. The Kier molecular flexibility index (Phi) is 13.1. The highest BCUT2D eigenvalue weighted by molar-refractivity contribution is 8.01. The number of amides is 1. The quantitative estimate of drug-likeness (QED) is 0.287. The van der Waals surface area contributed by atoms with Gasteiger partial charge in [-0.1, -0.05) is 45.0 Å². The van der Waals surface area contributed by atoms with Crippen molar-refractivity contribution in [3.05, 3.63) is 88.5 Å². The molecule has 2 aliphatic rings. The zero-order chi connectivity index (χ0) is 31.7. The molecular formula is C35H42ClF2N3OS. The molecule has 1 N–H and O–H groups in total. The van der Waals surface area contributed by atoms with E-state index in [0.29, 0.717) is 18.0 Å². The lowest BCUT2D eigenvalue weighted by Crippen LogP contribution is -2.46. The van der Waals surface area contributed by atoms with Crippen molar-refractivity contribution in [3.63, 3.8) is 0 Å². The number of thioether (sulfide) groups is 1. The normalized spacial score (nSPS) is 20.5. The summed E-state index contributed by atoms with van der Waals surface area (Å²) in [5, 5.41) is 10.3. The predicted octanol–water partition coefficient (Wildman–Crippen LogP) is 9.04. The molecule has 0 saturated heterocycles. The van der Waals surface area contributed by atoms with Crippen molar-refractivity contribution in [3.8, 4) is 17.2 Å². The van der Waals surface area contributed by atoms with Crippen molar-refractivity contribution in [2.24, 2.45) is 5.92 Å². The van der Waals surface area contributed by atoms with Gasteiger partial charge >= 0.3 is 0 Å². The van der Waals surface area contributed by atoms with Gasteiger partial charge in [-0.2, -0.15) is 5.26 Å². The lowest BCUT2D eigenvalue weighted by atomic mass is 9.86. The van der Waals surface area contributed by atoms with Crippen LogP contribution in [0.15, 0.2) is 59.5 Å². The molecule has 4 nitrogen and oxygen atoms in total. The Bertz CT molecular complexity index is 1440. The van der Waals surface area contributed by atoms with Gasteiger partial charge < -0.3 is 10.2 Å². The van der Waals surface area contributed by atoms with Gasteiger partial charge in [-0.05, 0) is 105 Å². The van der Waals surface area contributed by atoms with E-state index in [1.165, 1.54) is 0 Å². The Balaban J connectivity index is 0.000000953. The third kappa shape index (κ3) is 8.17. The van der Waals surface area contributed by atoms with Crippen LogP contribution in [-0.4, -0.2) is 36.2 Å². The van der Waals surface area contributed by atoms with E-state index in [4.69, 9.17) is 11.6 Å². The van der Waals surface area contributed by atoms with Crippen molar-refractivity contribution in [2.75, 3.05) is 14.1 Å². The number of rotatable bonds is 5. The second kappa shape index (κ2) is 16.2. The highest BCUT2D eigenvalue weighted by Crippen LogP contribution is 2.51. The van der Waals surface area contributed by atoms with Crippen molar-refractivity contribution < 1.29 is 13.6 Å². The van der Waals surface area contributed by atoms with Crippen LogP contribution in [0.1, 0.15) is 74.1 Å². The van der Waals surface area contributed by atoms with Crippen LogP contribution in [0.25, 0.3) is 11.1 Å². The fourth-order valence-corrected chi connectivity index (χ4v) is 7.33. The third-order valence-electron chi connectivity index (χ3n) is 7.85. The van der Waals surface area contributed by atoms with Crippen molar-refractivity contribution in [1.29, 1.82) is 5.26 Å². The minimum atomic E-state index is -0.940. The molecule has 0 bridgehead atoms. The molecule has 43 heavy (non-hydrogen) atoms. The van der Waals surface area contributed by atoms with Crippen molar-refractivity contribution in [1.82, 2.24) is 10.2 Å². The molecule has 1 aliphatic carbocycles. The summed E-state index contributed by atoms with van der Waals surface area (Å²) in [5.41, 5.74) is 4.62. The largest absolute Gasteiger partial charge is 0.334 e. The average molecular weight is 626 g/mol. The first-order valence-electron chi connectivity index (χ1n) is 15.0. The number of nitrogens with zero attached hydrogens (tertiary/aromatic N) is 2. The van der Waals surface area contributed by atoms with E-state index < -0.39 is 22.3 Å². The monoisotopic (exact) mass is 625 g/mol. The topological polar surface area (TPSA) is 56.1 Å². The summed E-state index contributed by atoms with van der Waals surface area (Å²) in [5.74, 6) is -0.700. The first-order chi connectivity index (χ1) is 20.7. The molecule has 2 atom stereocenters. The SMILES string of the molecule is CC.CNC.Cc1ccc(-c2cccc(C#N)c2)cc1CN(C(=O)C1Sc2c(F)ccc(F)c2C1Cl)C1CCC(C)CC1. The summed E-state index contributed by atoms with van der Waals surface area (Å²) >= 11 is 7.69.